The van der Waals surface area contributed by atoms with E-state index in [4.69, 9.17) is 4.74 Å². The molecule has 1 aromatic heterocycles. The summed E-state index contributed by atoms with van der Waals surface area (Å²) >= 11 is 1.60. The third-order valence-corrected chi connectivity index (χ3v) is 4.62. The predicted octanol–water partition coefficient (Wildman–Crippen LogP) is 4.30. The van der Waals surface area contributed by atoms with Crippen molar-refractivity contribution in [3.8, 4) is 5.75 Å². The van der Waals surface area contributed by atoms with Crippen LogP contribution in [-0.4, -0.2) is 28.6 Å². The van der Waals surface area contributed by atoms with E-state index in [1.54, 1.807) is 17.5 Å². The molecule has 1 fully saturated rings. The van der Waals surface area contributed by atoms with E-state index in [9.17, 15) is 4.79 Å². The highest BCUT2D eigenvalue weighted by Crippen LogP contribution is 2.34. The van der Waals surface area contributed by atoms with Gasteiger partial charge < -0.3 is 15.0 Å². The molecule has 1 aliphatic heterocycles. The monoisotopic (exact) mass is 331 g/mol. The smallest absolute Gasteiger partial charge is 0.322 e. The highest BCUT2D eigenvalue weighted by Gasteiger charge is 2.31. The van der Waals surface area contributed by atoms with Crippen LogP contribution in [-0.2, 0) is 0 Å². The molecule has 0 bridgehead atoms. The van der Waals surface area contributed by atoms with Crippen molar-refractivity contribution in [2.75, 3.05) is 11.9 Å². The third kappa shape index (κ3) is 3.64. The molecule has 5 nitrogen and oxygen atoms in total. The summed E-state index contributed by atoms with van der Waals surface area (Å²) in [4.78, 5) is 18.9. The summed E-state index contributed by atoms with van der Waals surface area (Å²) in [6, 6.07) is 7.52. The van der Waals surface area contributed by atoms with Crippen molar-refractivity contribution in [3.63, 3.8) is 0 Å². The molecule has 1 atom stereocenters. The van der Waals surface area contributed by atoms with Crippen LogP contribution < -0.4 is 10.1 Å². The first-order valence-corrected chi connectivity index (χ1v) is 8.76. The lowest BCUT2D eigenvalue weighted by atomic mass is 10.2. The minimum atomic E-state index is -0.0949. The Balaban J connectivity index is 1.74. The number of aromatic nitrogens is 1. The van der Waals surface area contributed by atoms with Crippen LogP contribution >= 0.6 is 11.3 Å². The molecule has 6 heteroatoms. The number of thiazole rings is 1. The fraction of sp³-hybridized carbons (Fsp3) is 0.412. The zero-order valence-corrected chi connectivity index (χ0v) is 14.2. The molecule has 0 aliphatic carbocycles. The van der Waals surface area contributed by atoms with Gasteiger partial charge >= 0.3 is 6.03 Å². The molecule has 0 saturated carbocycles. The van der Waals surface area contributed by atoms with Gasteiger partial charge in [0.1, 0.15) is 10.8 Å². The molecule has 0 spiro atoms. The Hall–Kier alpha value is -2.08. The molecule has 2 heterocycles. The Morgan fingerprint density at radius 2 is 2.26 bits per heavy atom. The summed E-state index contributed by atoms with van der Waals surface area (Å²) in [5.41, 5.74) is 0.705. The second-order valence-corrected chi connectivity index (χ2v) is 6.74. The Bertz CT molecular complexity index is 658. The van der Waals surface area contributed by atoms with E-state index in [1.165, 1.54) is 0 Å². The number of ether oxygens (including phenoxy) is 1. The first-order chi connectivity index (χ1) is 11.1. The maximum Gasteiger partial charge on any atom is 0.322 e. The lowest BCUT2D eigenvalue weighted by Gasteiger charge is -2.24. The number of nitrogens with one attached hydrogen (secondary N) is 1. The van der Waals surface area contributed by atoms with E-state index in [-0.39, 0.29) is 18.2 Å². The SMILES string of the molecule is CC(C)Oc1ccccc1NC(=O)N1CCCC1c1nccs1. The van der Waals surface area contributed by atoms with Crippen LogP contribution in [0, 0.1) is 0 Å². The summed E-state index contributed by atoms with van der Waals surface area (Å²) in [5, 5.41) is 5.95. The van der Waals surface area contributed by atoms with Crippen LogP contribution in [0.2, 0.25) is 0 Å². The molecule has 2 amide bonds. The third-order valence-electron chi connectivity index (χ3n) is 3.74. The van der Waals surface area contributed by atoms with Gasteiger partial charge in [-0.1, -0.05) is 12.1 Å². The molecule has 3 rings (SSSR count). The molecule has 1 saturated heterocycles. The summed E-state index contributed by atoms with van der Waals surface area (Å²) in [5.74, 6) is 0.695. The van der Waals surface area contributed by atoms with Crippen LogP contribution in [0.4, 0.5) is 10.5 Å². The minimum Gasteiger partial charge on any atom is -0.489 e. The molecule has 1 aliphatic rings. The van der Waals surface area contributed by atoms with E-state index >= 15 is 0 Å². The van der Waals surface area contributed by atoms with Gasteiger partial charge in [-0.25, -0.2) is 9.78 Å². The predicted molar refractivity (Wildman–Crippen MR) is 92.0 cm³/mol. The molecule has 2 aromatic rings. The van der Waals surface area contributed by atoms with E-state index in [2.05, 4.69) is 10.3 Å². The number of hydrogen-bond donors (Lipinski definition) is 1. The molecule has 1 unspecified atom stereocenters. The Kier molecular flexibility index (Phi) is 4.81. The highest BCUT2D eigenvalue weighted by molar-refractivity contribution is 7.09. The molecule has 1 N–H and O–H groups in total. The number of benzene rings is 1. The average Bonchev–Trinajstić information content (AvgIpc) is 3.19. The van der Waals surface area contributed by atoms with E-state index in [0.29, 0.717) is 11.4 Å². The standard InChI is InChI=1S/C17H21N3O2S/c1-12(2)22-15-8-4-3-6-13(15)19-17(21)20-10-5-7-14(20)16-18-9-11-23-16/h3-4,6,8-9,11-12,14H,5,7,10H2,1-2H3,(H,19,21). The van der Waals surface area contributed by atoms with Crippen LogP contribution in [0.15, 0.2) is 35.8 Å². The summed E-state index contributed by atoms with van der Waals surface area (Å²) in [7, 11) is 0. The number of nitrogens with zero attached hydrogens (tertiary/aromatic N) is 2. The summed E-state index contributed by atoms with van der Waals surface area (Å²) < 4.78 is 5.76. The maximum absolute atomic E-state index is 12.7. The largest absolute Gasteiger partial charge is 0.489 e. The van der Waals surface area contributed by atoms with Gasteiger partial charge in [-0.2, -0.15) is 0 Å². The van der Waals surface area contributed by atoms with Crippen molar-refractivity contribution in [2.45, 2.75) is 38.8 Å². The Morgan fingerprint density at radius 3 is 3.00 bits per heavy atom. The summed E-state index contributed by atoms with van der Waals surface area (Å²) in [6.45, 7) is 4.69. The first kappa shape index (κ1) is 15.8. The fourth-order valence-electron chi connectivity index (χ4n) is 2.78. The topological polar surface area (TPSA) is 54.5 Å². The normalized spacial score (nSPS) is 17.5. The van der Waals surface area contributed by atoms with Gasteiger partial charge in [0, 0.05) is 18.1 Å². The minimum absolute atomic E-state index is 0.0582. The molecule has 122 valence electrons. The molecule has 0 radical (unpaired) electrons. The van der Waals surface area contributed by atoms with Gasteiger partial charge in [-0.3, -0.25) is 0 Å². The number of carbonyl (C=O) groups is 1. The number of urea groups is 1. The quantitative estimate of drug-likeness (QED) is 0.909. The van der Waals surface area contributed by atoms with E-state index in [1.807, 2.05) is 48.4 Å². The van der Waals surface area contributed by atoms with Crippen molar-refractivity contribution in [1.82, 2.24) is 9.88 Å². The number of para-hydroxylation sites is 2. The number of likely N-dealkylation sites (tertiary alicyclic amines) is 1. The number of anilines is 1. The number of hydrogen-bond acceptors (Lipinski definition) is 4. The Morgan fingerprint density at radius 1 is 1.43 bits per heavy atom. The van der Waals surface area contributed by atoms with Crippen LogP contribution in [0.25, 0.3) is 0 Å². The zero-order chi connectivity index (χ0) is 16.2. The first-order valence-electron chi connectivity index (χ1n) is 7.88. The molecular formula is C17H21N3O2S. The maximum atomic E-state index is 12.7. The highest BCUT2D eigenvalue weighted by atomic mass is 32.1. The van der Waals surface area contributed by atoms with Crippen LogP contribution in [0.5, 0.6) is 5.75 Å². The van der Waals surface area contributed by atoms with Gasteiger partial charge in [0.15, 0.2) is 0 Å². The van der Waals surface area contributed by atoms with Crippen molar-refractivity contribution < 1.29 is 9.53 Å². The van der Waals surface area contributed by atoms with Crippen molar-refractivity contribution in [1.29, 1.82) is 0 Å². The van der Waals surface area contributed by atoms with Crippen LogP contribution in [0.3, 0.4) is 0 Å². The van der Waals surface area contributed by atoms with Gasteiger partial charge in [0.2, 0.25) is 0 Å². The van der Waals surface area contributed by atoms with E-state index < -0.39 is 0 Å². The number of amides is 2. The zero-order valence-electron chi connectivity index (χ0n) is 13.4. The van der Waals surface area contributed by atoms with Gasteiger partial charge in [-0.15, -0.1) is 11.3 Å². The molecule has 1 aromatic carbocycles. The molecule has 23 heavy (non-hydrogen) atoms. The second kappa shape index (κ2) is 7.00. The van der Waals surface area contributed by atoms with Crippen LogP contribution in [0.1, 0.15) is 37.7 Å². The molecular weight excluding hydrogens is 310 g/mol. The second-order valence-electron chi connectivity index (χ2n) is 5.81. The van der Waals surface area contributed by atoms with Crippen molar-refractivity contribution in [2.24, 2.45) is 0 Å². The van der Waals surface area contributed by atoms with Crippen molar-refractivity contribution in [3.05, 3.63) is 40.8 Å². The lowest BCUT2D eigenvalue weighted by molar-refractivity contribution is 0.206. The van der Waals surface area contributed by atoms with Gasteiger partial charge in [0.05, 0.1) is 17.8 Å². The van der Waals surface area contributed by atoms with Gasteiger partial charge in [0.25, 0.3) is 0 Å². The Labute approximate surface area is 140 Å². The average molecular weight is 331 g/mol. The number of rotatable bonds is 4. The number of carbonyl (C=O) groups excluding carboxylic acids is 1. The van der Waals surface area contributed by atoms with Gasteiger partial charge in [-0.05, 0) is 38.8 Å². The van der Waals surface area contributed by atoms with Crippen molar-refractivity contribution >= 4 is 23.1 Å². The van der Waals surface area contributed by atoms with E-state index in [0.717, 1.165) is 24.4 Å². The summed E-state index contributed by atoms with van der Waals surface area (Å²) in [6.07, 6.45) is 3.82. The lowest BCUT2D eigenvalue weighted by Crippen LogP contribution is -2.34. The fourth-order valence-corrected chi connectivity index (χ4v) is 3.56.